The van der Waals surface area contributed by atoms with Gasteiger partial charge in [0.2, 0.25) is 0 Å². The largest absolute Gasteiger partial charge is 0.379 e. The molecule has 0 unspecified atom stereocenters. The lowest BCUT2D eigenvalue weighted by molar-refractivity contribution is 0.0151. The molecular formula is C12H25NO2. The Kier molecular flexibility index (Phi) is 6.22. The van der Waals surface area contributed by atoms with Crippen LogP contribution in [0.3, 0.4) is 0 Å². The van der Waals surface area contributed by atoms with E-state index in [2.05, 4.69) is 19.2 Å². The summed E-state index contributed by atoms with van der Waals surface area (Å²) >= 11 is 0. The van der Waals surface area contributed by atoms with Crippen molar-refractivity contribution >= 4 is 0 Å². The van der Waals surface area contributed by atoms with Crippen LogP contribution in [0.15, 0.2) is 0 Å². The van der Waals surface area contributed by atoms with Gasteiger partial charge in [-0.3, -0.25) is 0 Å². The summed E-state index contributed by atoms with van der Waals surface area (Å²) in [5, 5.41) is 3.51. The quantitative estimate of drug-likeness (QED) is 0.657. The first-order valence-corrected chi connectivity index (χ1v) is 6.15. The van der Waals surface area contributed by atoms with Gasteiger partial charge in [0.05, 0.1) is 19.3 Å². The van der Waals surface area contributed by atoms with E-state index in [-0.39, 0.29) is 0 Å². The number of hydrogen-bond donors (Lipinski definition) is 1. The molecule has 3 heteroatoms. The summed E-state index contributed by atoms with van der Waals surface area (Å²) in [6.07, 6.45) is 2.81. The summed E-state index contributed by atoms with van der Waals surface area (Å²) in [5.74, 6) is 0.768. The Morgan fingerprint density at radius 1 is 1.33 bits per heavy atom. The predicted octanol–water partition coefficient (Wildman–Crippen LogP) is 1.82. The van der Waals surface area contributed by atoms with Crippen molar-refractivity contribution in [2.45, 2.75) is 45.8 Å². The van der Waals surface area contributed by atoms with Gasteiger partial charge >= 0.3 is 0 Å². The minimum Gasteiger partial charge on any atom is -0.379 e. The highest BCUT2D eigenvalue weighted by Gasteiger charge is 2.24. The Morgan fingerprint density at radius 3 is 2.80 bits per heavy atom. The zero-order chi connectivity index (χ0) is 11.1. The Hall–Kier alpha value is -0.120. The van der Waals surface area contributed by atoms with Crippen molar-refractivity contribution in [3.8, 4) is 0 Å². The van der Waals surface area contributed by atoms with Crippen LogP contribution in [0.1, 0.15) is 33.6 Å². The van der Waals surface area contributed by atoms with Crippen LogP contribution in [-0.4, -0.2) is 38.5 Å². The zero-order valence-electron chi connectivity index (χ0n) is 10.3. The molecule has 1 heterocycles. The molecule has 0 spiro atoms. The molecule has 0 bridgehead atoms. The highest BCUT2D eigenvalue weighted by atomic mass is 16.5. The van der Waals surface area contributed by atoms with Gasteiger partial charge in [-0.25, -0.2) is 0 Å². The summed E-state index contributed by atoms with van der Waals surface area (Å²) in [6, 6.07) is 0.655. The van der Waals surface area contributed by atoms with Crippen molar-refractivity contribution in [3.05, 3.63) is 0 Å². The summed E-state index contributed by atoms with van der Waals surface area (Å²) in [6.45, 7) is 9.79. The van der Waals surface area contributed by atoms with E-state index in [9.17, 15) is 0 Å². The van der Waals surface area contributed by atoms with Gasteiger partial charge in [-0.05, 0) is 25.7 Å². The SMILES string of the molecule is CCOCCO[C@@H]1CN[C@@H](CC(C)C)C1. The van der Waals surface area contributed by atoms with Crippen molar-refractivity contribution in [1.82, 2.24) is 5.32 Å². The van der Waals surface area contributed by atoms with E-state index >= 15 is 0 Å². The third-order valence-electron chi connectivity index (χ3n) is 2.72. The molecule has 15 heavy (non-hydrogen) atoms. The lowest BCUT2D eigenvalue weighted by Gasteiger charge is -2.13. The molecule has 1 rings (SSSR count). The second kappa shape index (κ2) is 7.20. The summed E-state index contributed by atoms with van der Waals surface area (Å²) in [7, 11) is 0. The Labute approximate surface area is 93.5 Å². The van der Waals surface area contributed by atoms with Crippen molar-refractivity contribution in [2.75, 3.05) is 26.4 Å². The molecule has 1 fully saturated rings. The number of nitrogens with one attached hydrogen (secondary N) is 1. The third-order valence-corrected chi connectivity index (χ3v) is 2.72. The Morgan fingerprint density at radius 2 is 2.13 bits per heavy atom. The second-order valence-electron chi connectivity index (χ2n) is 4.66. The molecule has 90 valence electrons. The molecule has 1 aliphatic heterocycles. The molecule has 0 aliphatic carbocycles. The van der Waals surface area contributed by atoms with Gasteiger partial charge in [0.25, 0.3) is 0 Å². The van der Waals surface area contributed by atoms with E-state index in [1.165, 1.54) is 6.42 Å². The van der Waals surface area contributed by atoms with Crippen LogP contribution in [0.4, 0.5) is 0 Å². The van der Waals surface area contributed by atoms with Crippen molar-refractivity contribution in [3.63, 3.8) is 0 Å². The normalized spacial score (nSPS) is 26.4. The molecule has 0 aromatic heterocycles. The van der Waals surface area contributed by atoms with Gasteiger partial charge in [0.15, 0.2) is 0 Å². The van der Waals surface area contributed by atoms with E-state index in [0.717, 1.165) is 38.7 Å². The number of rotatable bonds is 7. The molecule has 1 saturated heterocycles. The molecule has 1 N–H and O–H groups in total. The highest BCUT2D eigenvalue weighted by Crippen LogP contribution is 2.16. The molecule has 0 radical (unpaired) electrons. The van der Waals surface area contributed by atoms with Crippen molar-refractivity contribution in [1.29, 1.82) is 0 Å². The lowest BCUT2D eigenvalue weighted by atomic mass is 10.0. The number of ether oxygens (including phenoxy) is 2. The van der Waals surface area contributed by atoms with Crippen LogP contribution >= 0.6 is 0 Å². The molecule has 3 nitrogen and oxygen atoms in total. The van der Waals surface area contributed by atoms with E-state index in [1.54, 1.807) is 0 Å². The molecule has 2 atom stereocenters. The van der Waals surface area contributed by atoms with Gasteiger partial charge < -0.3 is 14.8 Å². The topological polar surface area (TPSA) is 30.5 Å². The van der Waals surface area contributed by atoms with Gasteiger partial charge in [-0.15, -0.1) is 0 Å². The van der Waals surface area contributed by atoms with Gasteiger partial charge in [-0.2, -0.15) is 0 Å². The smallest absolute Gasteiger partial charge is 0.0715 e. The molecule has 0 saturated carbocycles. The minimum atomic E-state index is 0.397. The summed E-state index contributed by atoms with van der Waals surface area (Å²) in [5.41, 5.74) is 0. The standard InChI is InChI=1S/C12H25NO2/c1-4-14-5-6-15-12-8-11(13-9-12)7-10(2)3/h10-13H,4-9H2,1-3H3/t11-,12-/m0/s1. The first-order chi connectivity index (χ1) is 7.22. The monoisotopic (exact) mass is 215 g/mol. The fraction of sp³-hybridized carbons (Fsp3) is 1.00. The zero-order valence-corrected chi connectivity index (χ0v) is 10.3. The molecule has 0 aromatic rings. The molecule has 0 aromatic carbocycles. The van der Waals surface area contributed by atoms with Gasteiger partial charge in [0.1, 0.15) is 0 Å². The fourth-order valence-corrected chi connectivity index (χ4v) is 2.08. The van der Waals surface area contributed by atoms with Crippen molar-refractivity contribution < 1.29 is 9.47 Å². The van der Waals surface area contributed by atoms with E-state index in [0.29, 0.717) is 12.1 Å². The molecular weight excluding hydrogens is 190 g/mol. The average molecular weight is 215 g/mol. The lowest BCUT2D eigenvalue weighted by Crippen LogP contribution is -2.23. The van der Waals surface area contributed by atoms with Gasteiger partial charge in [-0.1, -0.05) is 13.8 Å². The highest BCUT2D eigenvalue weighted by molar-refractivity contribution is 4.82. The summed E-state index contributed by atoms with van der Waals surface area (Å²) in [4.78, 5) is 0. The maximum absolute atomic E-state index is 5.73. The number of hydrogen-bond acceptors (Lipinski definition) is 3. The van der Waals surface area contributed by atoms with Crippen LogP contribution in [0, 0.1) is 5.92 Å². The van der Waals surface area contributed by atoms with Crippen LogP contribution in [0.2, 0.25) is 0 Å². The predicted molar refractivity (Wildman–Crippen MR) is 62.1 cm³/mol. The first-order valence-electron chi connectivity index (χ1n) is 6.15. The molecule has 1 aliphatic rings. The second-order valence-corrected chi connectivity index (χ2v) is 4.66. The molecule has 0 amide bonds. The van der Waals surface area contributed by atoms with Gasteiger partial charge in [0, 0.05) is 19.2 Å². The summed E-state index contributed by atoms with van der Waals surface area (Å²) < 4.78 is 11.0. The van der Waals surface area contributed by atoms with E-state index in [1.807, 2.05) is 6.92 Å². The van der Waals surface area contributed by atoms with Crippen molar-refractivity contribution in [2.24, 2.45) is 5.92 Å². The third kappa shape index (κ3) is 5.50. The van der Waals surface area contributed by atoms with E-state index < -0.39 is 0 Å². The van der Waals surface area contributed by atoms with Crippen LogP contribution in [0.25, 0.3) is 0 Å². The fourth-order valence-electron chi connectivity index (χ4n) is 2.08. The first kappa shape index (κ1) is 12.9. The van der Waals surface area contributed by atoms with Crippen LogP contribution < -0.4 is 5.32 Å². The average Bonchev–Trinajstić information content (AvgIpc) is 2.59. The Bertz CT molecular complexity index is 162. The van der Waals surface area contributed by atoms with Crippen LogP contribution in [0.5, 0.6) is 0 Å². The maximum atomic E-state index is 5.73. The maximum Gasteiger partial charge on any atom is 0.0715 e. The van der Waals surface area contributed by atoms with Crippen LogP contribution in [-0.2, 0) is 9.47 Å². The Balaban J connectivity index is 2.03. The minimum absolute atomic E-state index is 0.397. The van der Waals surface area contributed by atoms with E-state index in [4.69, 9.17) is 9.47 Å².